The van der Waals surface area contributed by atoms with E-state index in [1.54, 1.807) is 6.07 Å². The molecule has 4 nitrogen and oxygen atoms in total. The Morgan fingerprint density at radius 1 is 1.27 bits per heavy atom. The van der Waals surface area contributed by atoms with Crippen molar-refractivity contribution in [2.45, 2.75) is 61.7 Å². The third-order valence-electron chi connectivity index (χ3n) is 7.71. The van der Waals surface area contributed by atoms with Gasteiger partial charge in [0, 0.05) is 18.2 Å². The number of hydrogen-bond donors (Lipinski definition) is 2. The standard InChI is InChI=1S/C21H25NO3.ClH/c1-12-6-7-21(24)16-10-14-4-5-15(23)18-17(14)20(21,19(12)25-18)8-9-22(16)11-13-2-3-13;/h4-5,13,16,19,23-24H,1-3,6-11H2;1H/t16?,19?,20-,21+;/m0./s1. The molecular formula is C21H26ClNO3. The number of phenolic OH excluding ortho intramolecular Hbond substituents is 1. The van der Waals surface area contributed by atoms with Crippen molar-refractivity contribution in [3.05, 3.63) is 35.4 Å². The van der Waals surface area contributed by atoms with E-state index in [2.05, 4.69) is 11.5 Å². The molecule has 3 fully saturated rings. The molecule has 5 heteroatoms. The molecule has 3 aliphatic carbocycles. The van der Waals surface area contributed by atoms with Gasteiger partial charge in [0.1, 0.15) is 6.10 Å². The monoisotopic (exact) mass is 375 g/mol. The predicted octanol–water partition coefficient (Wildman–Crippen LogP) is 2.93. The first-order chi connectivity index (χ1) is 12.0. The maximum absolute atomic E-state index is 12.1. The van der Waals surface area contributed by atoms with Crippen LogP contribution in [0, 0.1) is 5.92 Å². The molecule has 6 rings (SSSR count). The number of rotatable bonds is 2. The lowest BCUT2D eigenvalue weighted by Crippen LogP contribution is -2.75. The number of nitrogens with zero attached hydrogens (tertiary/aromatic N) is 1. The zero-order chi connectivity index (χ0) is 17.0. The summed E-state index contributed by atoms with van der Waals surface area (Å²) in [7, 11) is 0. The van der Waals surface area contributed by atoms with E-state index in [-0.39, 0.29) is 30.3 Å². The Kier molecular flexibility index (Phi) is 3.37. The van der Waals surface area contributed by atoms with Gasteiger partial charge in [0.25, 0.3) is 0 Å². The first kappa shape index (κ1) is 16.9. The molecule has 2 unspecified atom stereocenters. The molecule has 0 aromatic heterocycles. The minimum Gasteiger partial charge on any atom is -0.504 e. The summed E-state index contributed by atoms with van der Waals surface area (Å²) in [6.07, 6.45) is 5.79. The molecule has 26 heavy (non-hydrogen) atoms. The Bertz CT molecular complexity index is 807. The van der Waals surface area contributed by atoms with E-state index in [0.29, 0.717) is 5.75 Å². The molecule has 140 valence electrons. The topological polar surface area (TPSA) is 52.9 Å². The maximum atomic E-state index is 12.1. The van der Waals surface area contributed by atoms with E-state index in [1.165, 1.54) is 18.4 Å². The second kappa shape index (κ2) is 5.18. The van der Waals surface area contributed by atoms with Gasteiger partial charge < -0.3 is 14.9 Å². The minimum atomic E-state index is -0.780. The van der Waals surface area contributed by atoms with E-state index in [4.69, 9.17) is 4.74 Å². The predicted molar refractivity (Wildman–Crippen MR) is 101 cm³/mol. The van der Waals surface area contributed by atoms with Gasteiger partial charge in [-0.2, -0.15) is 0 Å². The molecule has 5 aliphatic rings. The number of aromatic hydroxyl groups is 1. The van der Waals surface area contributed by atoms with Crippen molar-refractivity contribution < 1.29 is 14.9 Å². The fourth-order valence-corrected chi connectivity index (χ4v) is 6.39. The molecule has 2 saturated carbocycles. The Hall–Kier alpha value is -1.23. The average molecular weight is 376 g/mol. The average Bonchev–Trinajstić information content (AvgIpc) is 3.32. The summed E-state index contributed by atoms with van der Waals surface area (Å²) >= 11 is 0. The lowest BCUT2D eigenvalue weighted by molar-refractivity contribution is -0.174. The van der Waals surface area contributed by atoms with Gasteiger partial charge in [0.2, 0.25) is 0 Å². The highest BCUT2D eigenvalue weighted by molar-refractivity contribution is 5.85. The Morgan fingerprint density at radius 2 is 2.08 bits per heavy atom. The van der Waals surface area contributed by atoms with Gasteiger partial charge in [0.05, 0.1) is 11.0 Å². The minimum absolute atomic E-state index is 0. The van der Waals surface area contributed by atoms with Gasteiger partial charge in [-0.1, -0.05) is 12.6 Å². The molecule has 1 aromatic rings. The van der Waals surface area contributed by atoms with E-state index in [9.17, 15) is 10.2 Å². The maximum Gasteiger partial charge on any atom is 0.166 e. The Balaban J connectivity index is 0.00000150. The molecule has 4 atom stereocenters. The first-order valence-electron chi connectivity index (χ1n) is 9.71. The molecule has 2 bridgehead atoms. The van der Waals surface area contributed by atoms with Crippen molar-refractivity contribution in [2.75, 3.05) is 13.1 Å². The lowest BCUT2D eigenvalue weighted by atomic mass is 9.48. The SMILES string of the molecule is C=C1CC[C@@]2(O)C3Cc4ccc(O)c5c4[C@@]2(CCN3CC2CC2)C1O5.Cl. The van der Waals surface area contributed by atoms with Gasteiger partial charge in [-0.25, -0.2) is 0 Å². The summed E-state index contributed by atoms with van der Waals surface area (Å²) in [6.45, 7) is 6.40. The van der Waals surface area contributed by atoms with Gasteiger partial charge in [-0.3, -0.25) is 4.90 Å². The molecule has 2 aliphatic heterocycles. The lowest BCUT2D eigenvalue weighted by Gasteiger charge is -2.63. The van der Waals surface area contributed by atoms with Crippen LogP contribution in [-0.4, -0.2) is 45.9 Å². The van der Waals surface area contributed by atoms with Crippen molar-refractivity contribution in [2.24, 2.45) is 5.92 Å². The summed E-state index contributed by atoms with van der Waals surface area (Å²) in [6, 6.07) is 3.96. The number of phenols is 1. The normalized spacial score (nSPS) is 39.8. The highest BCUT2D eigenvalue weighted by Gasteiger charge is 2.71. The van der Waals surface area contributed by atoms with Crippen molar-refractivity contribution in [1.29, 1.82) is 0 Å². The molecule has 2 heterocycles. The van der Waals surface area contributed by atoms with Crippen LogP contribution in [0.5, 0.6) is 11.5 Å². The summed E-state index contributed by atoms with van der Waals surface area (Å²) in [5, 5.41) is 22.5. The quantitative estimate of drug-likeness (QED) is 0.780. The Morgan fingerprint density at radius 3 is 2.85 bits per heavy atom. The van der Waals surface area contributed by atoms with Crippen LogP contribution < -0.4 is 4.74 Å². The molecular weight excluding hydrogens is 350 g/mol. The van der Waals surface area contributed by atoms with Crippen LogP contribution in [0.15, 0.2) is 24.3 Å². The Labute approximate surface area is 160 Å². The number of ether oxygens (including phenoxy) is 1. The van der Waals surface area contributed by atoms with Gasteiger partial charge in [-0.05, 0) is 68.2 Å². The van der Waals surface area contributed by atoms with Crippen LogP contribution in [0.2, 0.25) is 0 Å². The van der Waals surface area contributed by atoms with E-state index in [1.807, 2.05) is 6.07 Å². The van der Waals surface area contributed by atoms with Crippen LogP contribution in [0.1, 0.15) is 43.2 Å². The highest BCUT2D eigenvalue weighted by atomic mass is 35.5. The fraction of sp³-hybridized carbons (Fsp3) is 0.619. The van der Waals surface area contributed by atoms with Crippen LogP contribution in [-0.2, 0) is 11.8 Å². The van der Waals surface area contributed by atoms with Gasteiger partial charge in [0.15, 0.2) is 11.5 Å². The number of aliphatic hydroxyl groups is 1. The van der Waals surface area contributed by atoms with Gasteiger partial charge in [-0.15, -0.1) is 12.4 Å². The molecule has 1 saturated heterocycles. The summed E-state index contributed by atoms with van der Waals surface area (Å²) in [5.74, 6) is 1.64. The number of benzene rings is 1. The molecule has 0 radical (unpaired) electrons. The van der Waals surface area contributed by atoms with Crippen LogP contribution in [0.3, 0.4) is 0 Å². The van der Waals surface area contributed by atoms with E-state index < -0.39 is 11.0 Å². The summed E-state index contributed by atoms with van der Waals surface area (Å²) in [4.78, 5) is 2.56. The molecule has 1 aromatic carbocycles. The zero-order valence-corrected chi connectivity index (χ0v) is 15.7. The smallest absolute Gasteiger partial charge is 0.166 e. The number of likely N-dealkylation sites (tertiary alicyclic amines) is 1. The van der Waals surface area contributed by atoms with Crippen LogP contribution >= 0.6 is 12.4 Å². The second-order valence-electron chi connectivity index (χ2n) is 8.91. The van der Waals surface area contributed by atoms with Crippen molar-refractivity contribution in [3.63, 3.8) is 0 Å². The third-order valence-corrected chi connectivity index (χ3v) is 7.71. The summed E-state index contributed by atoms with van der Waals surface area (Å²) < 4.78 is 6.29. The second-order valence-corrected chi connectivity index (χ2v) is 8.91. The highest BCUT2D eigenvalue weighted by Crippen LogP contribution is 2.66. The number of halogens is 1. The third kappa shape index (κ3) is 1.78. The van der Waals surface area contributed by atoms with E-state index in [0.717, 1.165) is 55.8 Å². The van der Waals surface area contributed by atoms with Crippen LogP contribution in [0.25, 0.3) is 0 Å². The number of hydrogen-bond acceptors (Lipinski definition) is 4. The molecule has 1 spiro atoms. The first-order valence-corrected chi connectivity index (χ1v) is 9.71. The largest absolute Gasteiger partial charge is 0.504 e. The van der Waals surface area contributed by atoms with E-state index >= 15 is 0 Å². The molecule has 2 N–H and O–H groups in total. The van der Waals surface area contributed by atoms with Crippen LogP contribution in [0.4, 0.5) is 0 Å². The molecule has 0 amide bonds. The number of piperidine rings is 1. The van der Waals surface area contributed by atoms with Crippen molar-refractivity contribution in [1.82, 2.24) is 4.90 Å². The summed E-state index contributed by atoms with van der Waals surface area (Å²) in [5.41, 5.74) is 2.21. The fourth-order valence-electron chi connectivity index (χ4n) is 6.39. The van der Waals surface area contributed by atoms with Gasteiger partial charge >= 0.3 is 0 Å². The zero-order valence-electron chi connectivity index (χ0n) is 14.9. The van der Waals surface area contributed by atoms with Crippen molar-refractivity contribution in [3.8, 4) is 11.5 Å². The van der Waals surface area contributed by atoms with Crippen molar-refractivity contribution >= 4 is 12.4 Å².